The molecule has 2 aliphatic rings. The summed E-state index contributed by atoms with van der Waals surface area (Å²) in [7, 11) is 0. The molecule has 19 heavy (non-hydrogen) atoms. The van der Waals surface area contributed by atoms with E-state index in [0.29, 0.717) is 5.41 Å². The Kier molecular flexibility index (Phi) is 6.11. The largest absolute Gasteiger partial charge is 0.381 e. The lowest BCUT2D eigenvalue weighted by molar-refractivity contribution is -0.00946. The molecule has 0 bridgehead atoms. The number of nitrogens with zero attached hydrogens (tertiary/aromatic N) is 1. The minimum atomic E-state index is 0.466. The quantitative estimate of drug-likeness (QED) is 0.801. The van der Waals surface area contributed by atoms with Crippen LogP contribution in [0.4, 0.5) is 0 Å². The first kappa shape index (κ1) is 15.3. The Bertz CT molecular complexity index is 243. The minimum absolute atomic E-state index is 0.466. The second-order valence-electron chi connectivity index (χ2n) is 6.52. The van der Waals surface area contributed by atoms with Gasteiger partial charge < -0.3 is 15.0 Å². The van der Waals surface area contributed by atoms with Crippen LogP contribution < -0.4 is 5.32 Å². The lowest BCUT2D eigenvalue weighted by atomic mass is 9.78. The smallest absolute Gasteiger partial charge is 0.0472 e. The topological polar surface area (TPSA) is 24.5 Å². The molecule has 2 saturated heterocycles. The first-order valence-corrected chi connectivity index (χ1v) is 8.29. The fraction of sp³-hybridized carbons (Fsp3) is 1.00. The first-order chi connectivity index (χ1) is 9.28. The van der Waals surface area contributed by atoms with Gasteiger partial charge in [-0.3, -0.25) is 0 Å². The number of nitrogens with one attached hydrogen (secondary N) is 1. The molecule has 3 nitrogen and oxygen atoms in total. The Balaban J connectivity index is 1.85. The maximum absolute atomic E-state index is 5.58. The molecule has 0 unspecified atom stereocenters. The van der Waals surface area contributed by atoms with E-state index in [-0.39, 0.29) is 0 Å². The van der Waals surface area contributed by atoms with Gasteiger partial charge in [-0.05, 0) is 56.7 Å². The summed E-state index contributed by atoms with van der Waals surface area (Å²) in [6, 6.07) is 0. The molecular formula is C16H32N2O. The predicted molar refractivity (Wildman–Crippen MR) is 80.5 cm³/mol. The minimum Gasteiger partial charge on any atom is -0.381 e. The zero-order valence-electron chi connectivity index (χ0n) is 12.9. The van der Waals surface area contributed by atoms with Gasteiger partial charge in [0.05, 0.1) is 0 Å². The predicted octanol–water partition coefficient (Wildman–Crippen LogP) is 2.51. The van der Waals surface area contributed by atoms with Crippen molar-refractivity contribution in [2.75, 3.05) is 45.9 Å². The molecule has 2 fully saturated rings. The molecule has 0 aromatic rings. The van der Waals surface area contributed by atoms with E-state index in [9.17, 15) is 0 Å². The van der Waals surface area contributed by atoms with Gasteiger partial charge in [-0.1, -0.05) is 20.3 Å². The van der Waals surface area contributed by atoms with Gasteiger partial charge in [0.15, 0.2) is 0 Å². The molecule has 1 N–H and O–H groups in total. The van der Waals surface area contributed by atoms with Crippen LogP contribution in [0.3, 0.4) is 0 Å². The van der Waals surface area contributed by atoms with Crippen LogP contribution in [-0.4, -0.2) is 50.8 Å². The molecule has 112 valence electrons. The van der Waals surface area contributed by atoms with Crippen LogP contribution in [0, 0.1) is 11.3 Å². The Morgan fingerprint density at radius 2 is 1.84 bits per heavy atom. The molecule has 0 saturated carbocycles. The number of hydrogen-bond donors (Lipinski definition) is 1. The highest BCUT2D eigenvalue weighted by Gasteiger charge is 2.34. The third-order valence-electron chi connectivity index (χ3n) is 5.15. The molecule has 0 atom stereocenters. The highest BCUT2D eigenvalue weighted by atomic mass is 16.5. The van der Waals surface area contributed by atoms with Crippen molar-refractivity contribution in [2.45, 2.75) is 46.0 Å². The number of piperidine rings is 1. The average Bonchev–Trinajstić information content (AvgIpc) is 2.47. The van der Waals surface area contributed by atoms with Gasteiger partial charge >= 0.3 is 0 Å². The number of likely N-dealkylation sites (tertiary alicyclic amines) is 1. The molecule has 2 rings (SSSR count). The zero-order chi connectivity index (χ0) is 13.6. The molecule has 0 spiro atoms. The normalized spacial score (nSPS) is 25.6. The van der Waals surface area contributed by atoms with Gasteiger partial charge in [0.1, 0.15) is 0 Å². The van der Waals surface area contributed by atoms with E-state index in [1.165, 1.54) is 58.3 Å². The Hall–Kier alpha value is -0.120. The zero-order valence-corrected chi connectivity index (χ0v) is 12.9. The van der Waals surface area contributed by atoms with Crippen LogP contribution >= 0.6 is 0 Å². The molecule has 0 aliphatic carbocycles. The summed E-state index contributed by atoms with van der Waals surface area (Å²) < 4.78 is 5.58. The van der Waals surface area contributed by atoms with Crippen molar-refractivity contribution in [3.05, 3.63) is 0 Å². The van der Waals surface area contributed by atoms with Gasteiger partial charge in [-0.15, -0.1) is 0 Å². The Morgan fingerprint density at radius 1 is 1.16 bits per heavy atom. The average molecular weight is 268 g/mol. The highest BCUT2D eigenvalue weighted by molar-refractivity contribution is 4.88. The second kappa shape index (κ2) is 7.61. The SMILES string of the molecule is CCNCC1(CN2CCC(CC)CC2)CCOCC1. The summed E-state index contributed by atoms with van der Waals surface area (Å²) in [6.07, 6.45) is 6.64. The van der Waals surface area contributed by atoms with Crippen molar-refractivity contribution in [1.82, 2.24) is 10.2 Å². The van der Waals surface area contributed by atoms with Crippen molar-refractivity contribution < 1.29 is 4.74 Å². The van der Waals surface area contributed by atoms with Crippen LogP contribution in [0.1, 0.15) is 46.0 Å². The summed E-state index contributed by atoms with van der Waals surface area (Å²) in [5.74, 6) is 0.982. The molecule has 3 heteroatoms. The van der Waals surface area contributed by atoms with Gasteiger partial charge in [-0.25, -0.2) is 0 Å². The molecular weight excluding hydrogens is 236 g/mol. The number of rotatable bonds is 6. The van der Waals surface area contributed by atoms with Crippen LogP contribution in [0.5, 0.6) is 0 Å². The monoisotopic (exact) mass is 268 g/mol. The van der Waals surface area contributed by atoms with E-state index < -0.39 is 0 Å². The van der Waals surface area contributed by atoms with Crippen LogP contribution in [0.2, 0.25) is 0 Å². The molecule has 2 heterocycles. The number of ether oxygens (including phenoxy) is 1. The Labute approximate surface area is 119 Å². The Morgan fingerprint density at radius 3 is 2.42 bits per heavy atom. The van der Waals surface area contributed by atoms with Crippen molar-refractivity contribution >= 4 is 0 Å². The van der Waals surface area contributed by atoms with Gasteiger partial charge in [0, 0.05) is 26.3 Å². The molecule has 0 aromatic heterocycles. The van der Waals surface area contributed by atoms with Crippen LogP contribution in [0.25, 0.3) is 0 Å². The standard InChI is InChI=1S/C16H32N2O/c1-3-15-5-9-18(10-6-15)14-16(13-17-4-2)7-11-19-12-8-16/h15,17H,3-14H2,1-2H3. The molecule has 0 radical (unpaired) electrons. The van der Waals surface area contributed by atoms with Crippen molar-refractivity contribution in [3.8, 4) is 0 Å². The van der Waals surface area contributed by atoms with Gasteiger partial charge in [-0.2, -0.15) is 0 Å². The summed E-state index contributed by atoms with van der Waals surface area (Å²) in [5, 5.41) is 3.59. The van der Waals surface area contributed by atoms with E-state index in [4.69, 9.17) is 4.74 Å². The van der Waals surface area contributed by atoms with E-state index in [1.54, 1.807) is 0 Å². The van der Waals surface area contributed by atoms with Crippen LogP contribution in [-0.2, 0) is 4.74 Å². The summed E-state index contributed by atoms with van der Waals surface area (Å²) >= 11 is 0. The van der Waals surface area contributed by atoms with E-state index >= 15 is 0 Å². The van der Waals surface area contributed by atoms with E-state index in [2.05, 4.69) is 24.1 Å². The maximum atomic E-state index is 5.58. The van der Waals surface area contributed by atoms with E-state index in [0.717, 1.165) is 25.7 Å². The lowest BCUT2D eigenvalue weighted by Crippen LogP contribution is -2.49. The van der Waals surface area contributed by atoms with Crippen LogP contribution in [0.15, 0.2) is 0 Å². The van der Waals surface area contributed by atoms with Gasteiger partial charge in [0.2, 0.25) is 0 Å². The summed E-state index contributed by atoms with van der Waals surface area (Å²) in [5.41, 5.74) is 0.466. The first-order valence-electron chi connectivity index (χ1n) is 8.29. The summed E-state index contributed by atoms with van der Waals surface area (Å²) in [6.45, 7) is 12.6. The molecule has 0 aromatic carbocycles. The van der Waals surface area contributed by atoms with E-state index in [1.807, 2.05) is 0 Å². The number of hydrogen-bond acceptors (Lipinski definition) is 3. The van der Waals surface area contributed by atoms with Gasteiger partial charge in [0.25, 0.3) is 0 Å². The third kappa shape index (κ3) is 4.44. The third-order valence-corrected chi connectivity index (χ3v) is 5.15. The second-order valence-corrected chi connectivity index (χ2v) is 6.52. The molecule has 2 aliphatic heterocycles. The fourth-order valence-electron chi connectivity index (χ4n) is 3.61. The van der Waals surface area contributed by atoms with Crippen molar-refractivity contribution in [3.63, 3.8) is 0 Å². The van der Waals surface area contributed by atoms with Crippen molar-refractivity contribution in [1.29, 1.82) is 0 Å². The highest BCUT2D eigenvalue weighted by Crippen LogP contribution is 2.32. The fourth-order valence-corrected chi connectivity index (χ4v) is 3.61. The maximum Gasteiger partial charge on any atom is 0.0472 e. The lowest BCUT2D eigenvalue weighted by Gasteiger charge is -2.43. The molecule has 0 amide bonds. The summed E-state index contributed by atoms with van der Waals surface area (Å²) in [4.78, 5) is 2.72. The van der Waals surface area contributed by atoms with Crippen molar-refractivity contribution in [2.24, 2.45) is 11.3 Å².